The molecule has 2 aromatic rings. The average Bonchev–Trinajstić information content (AvgIpc) is 2.41. The van der Waals surface area contributed by atoms with E-state index in [0.717, 1.165) is 10.6 Å². The van der Waals surface area contributed by atoms with Gasteiger partial charge in [0.15, 0.2) is 8.15 Å². The number of carbonyl (C=O) groups is 1. The van der Waals surface area contributed by atoms with Gasteiger partial charge in [-0.2, -0.15) is 0 Å². The van der Waals surface area contributed by atoms with Crippen molar-refractivity contribution in [2.45, 2.75) is 48.5 Å². The van der Waals surface area contributed by atoms with Crippen molar-refractivity contribution in [3.8, 4) is 0 Å². The molecule has 0 radical (unpaired) electrons. The molecule has 2 aromatic carbocycles. The maximum absolute atomic E-state index is 12.6. The molecule has 0 fully saturated rings. The Morgan fingerprint density at radius 2 is 1.08 bits per heavy atom. The molecule has 128 valence electrons. The second-order valence-corrected chi connectivity index (χ2v) is 9.42. The molecular formula is C21H27O2P. The summed E-state index contributed by atoms with van der Waals surface area (Å²) in [5.74, 6) is -0.160. The van der Waals surface area contributed by atoms with Crippen LogP contribution in [-0.4, -0.2) is 5.97 Å². The second kappa shape index (κ2) is 7.07. The van der Waals surface area contributed by atoms with Gasteiger partial charge in [0.25, 0.3) is 0 Å². The van der Waals surface area contributed by atoms with Gasteiger partial charge < -0.3 is 4.52 Å². The number of hydrogen-bond donors (Lipinski definition) is 0. The van der Waals surface area contributed by atoms with Gasteiger partial charge in [-0.3, -0.25) is 4.79 Å². The molecule has 0 aliphatic rings. The van der Waals surface area contributed by atoms with E-state index in [2.05, 4.69) is 64.1 Å². The van der Waals surface area contributed by atoms with Crippen LogP contribution >= 0.6 is 8.15 Å². The number of benzene rings is 2. The molecule has 0 N–H and O–H groups in total. The largest absolute Gasteiger partial charge is 0.435 e. The summed E-state index contributed by atoms with van der Waals surface area (Å²) in [5.41, 5.74) is 4.24. The summed E-state index contributed by atoms with van der Waals surface area (Å²) >= 11 is 0. The molecule has 0 atom stereocenters. The predicted octanol–water partition coefficient (Wildman–Crippen LogP) is 4.86. The van der Waals surface area contributed by atoms with E-state index < -0.39 is 13.6 Å². The van der Waals surface area contributed by atoms with Crippen LogP contribution in [0, 0.1) is 33.1 Å². The SMILES string of the molecule is Cc1cc(C)cc(P(OC(=O)C(C)(C)C)c2cc(C)cc(C)c2)c1. The van der Waals surface area contributed by atoms with Gasteiger partial charge in [-0.1, -0.05) is 34.4 Å². The predicted molar refractivity (Wildman–Crippen MR) is 104 cm³/mol. The molecule has 0 heterocycles. The normalized spacial score (nSPS) is 11.7. The first-order valence-corrected chi connectivity index (χ1v) is 9.51. The molecule has 0 saturated carbocycles. The summed E-state index contributed by atoms with van der Waals surface area (Å²) in [7, 11) is -1.17. The number of carbonyl (C=O) groups excluding carboxylic acids is 1. The Labute approximate surface area is 147 Å². The van der Waals surface area contributed by atoms with Crippen molar-refractivity contribution < 1.29 is 9.32 Å². The van der Waals surface area contributed by atoms with E-state index in [1.165, 1.54) is 22.3 Å². The number of hydrogen-bond acceptors (Lipinski definition) is 2. The van der Waals surface area contributed by atoms with Gasteiger partial charge in [0.05, 0.1) is 5.41 Å². The lowest BCUT2D eigenvalue weighted by atomic mass is 9.98. The first kappa shape index (κ1) is 18.7. The molecule has 0 aromatic heterocycles. The van der Waals surface area contributed by atoms with Crippen LogP contribution in [0.1, 0.15) is 43.0 Å². The number of aryl methyl sites for hydroxylation is 4. The van der Waals surface area contributed by atoms with Crippen molar-refractivity contribution in [2.75, 3.05) is 0 Å². The highest BCUT2D eigenvalue weighted by molar-refractivity contribution is 7.69. The molecule has 0 unspecified atom stereocenters. The third-order valence-corrected chi connectivity index (χ3v) is 5.47. The molecule has 0 aliphatic heterocycles. The quantitative estimate of drug-likeness (QED) is 0.745. The summed E-state index contributed by atoms with van der Waals surface area (Å²) in [5, 5.41) is 2.18. The van der Waals surface area contributed by atoms with Gasteiger partial charge in [0, 0.05) is 10.6 Å². The van der Waals surface area contributed by atoms with Crippen LogP contribution in [0.25, 0.3) is 0 Å². The van der Waals surface area contributed by atoms with Gasteiger partial charge in [-0.05, 0) is 72.7 Å². The molecule has 0 spiro atoms. The maximum atomic E-state index is 12.6. The molecule has 2 nitrogen and oxygen atoms in total. The lowest BCUT2D eigenvalue weighted by molar-refractivity contribution is -0.142. The smallest absolute Gasteiger partial charge is 0.314 e. The van der Waals surface area contributed by atoms with Crippen LogP contribution in [0.15, 0.2) is 36.4 Å². The van der Waals surface area contributed by atoms with Crippen LogP contribution in [-0.2, 0) is 9.32 Å². The van der Waals surface area contributed by atoms with Crippen LogP contribution in [0.5, 0.6) is 0 Å². The van der Waals surface area contributed by atoms with E-state index in [0.29, 0.717) is 0 Å². The second-order valence-electron chi connectivity index (χ2n) is 7.61. The molecule has 3 heteroatoms. The fourth-order valence-electron chi connectivity index (χ4n) is 2.61. The van der Waals surface area contributed by atoms with Crippen molar-refractivity contribution in [3.05, 3.63) is 58.7 Å². The van der Waals surface area contributed by atoms with E-state index in [9.17, 15) is 4.79 Å². The Kier molecular flexibility index (Phi) is 5.50. The Morgan fingerprint density at radius 3 is 1.38 bits per heavy atom. The van der Waals surface area contributed by atoms with E-state index in [1.54, 1.807) is 0 Å². The highest BCUT2D eigenvalue weighted by Crippen LogP contribution is 2.38. The van der Waals surface area contributed by atoms with Crippen molar-refractivity contribution in [3.63, 3.8) is 0 Å². The highest BCUT2D eigenvalue weighted by Gasteiger charge is 2.29. The molecule has 0 amide bonds. The van der Waals surface area contributed by atoms with Crippen molar-refractivity contribution in [2.24, 2.45) is 5.41 Å². The summed E-state index contributed by atoms with van der Waals surface area (Å²) in [6.07, 6.45) is 0. The first-order valence-electron chi connectivity index (χ1n) is 8.25. The third kappa shape index (κ3) is 4.68. The highest BCUT2D eigenvalue weighted by atomic mass is 31.1. The average molecular weight is 342 g/mol. The zero-order valence-corrected chi connectivity index (χ0v) is 16.6. The van der Waals surface area contributed by atoms with Gasteiger partial charge in [-0.25, -0.2) is 0 Å². The van der Waals surface area contributed by atoms with Crippen molar-refractivity contribution in [1.29, 1.82) is 0 Å². The van der Waals surface area contributed by atoms with E-state index in [-0.39, 0.29) is 5.97 Å². The molecule has 0 saturated heterocycles. The minimum atomic E-state index is -1.17. The Hall–Kier alpha value is -1.66. The minimum Gasteiger partial charge on any atom is -0.435 e. The number of rotatable bonds is 3. The van der Waals surface area contributed by atoms with Crippen LogP contribution in [0.3, 0.4) is 0 Å². The summed E-state index contributed by atoms with van der Waals surface area (Å²) in [4.78, 5) is 12.6. The van der Waals surface area contributed by atoms with Gasteiger partial charge in [-0.15, -0.1) is 0 Å². The van der Waals surface area contributed by atoms with Crippen LogP contribution < -0.4 is 10.6 Å². The summed E-state index contributed by atoms with van der Waals surface area (Å²) in [6, 6.07) is 12.8. The van der Waals surface area contributed by atoms with Gasteiger partial charge >= 0.3 is 5.97 Å². The maximum Gasteiger partial charge on any atom is 0.314 e. The standard InChI is InChI=1S/C21H27O2P/c1-14-8-15(2)11-18(10-14)24(23-20(22)21(5,6)7)19-12-16(3)9-17(4)13-19/h8-13H,1-7H3. The van der Waals surface area contributed by atoms with Crippen LogP contribution in [0.4, 0.5) is 0 Å². The minimum absolute atomic E-state index is 0.160. The first-order chi connectivity index (χ1) is 11.1. The molecule has 2 rings (SSSR count). The lowest BCUT2D eigenvalue weighted by Gasteiger charge is -2.24. The zero-order chi connectivity index (χ0) is 18.1. The van der Waals surface area contributed by atoms with Gasteiger partial charge in [0.1, 0.15) is 0 Å². The molecular weight excluding hydrogens is 315 g/mol. The fourth-order valence-corrected chi connectivity index (χ4v) is 4.84. The molecule has 0 aliphatic carbocycles. The zero-order valence-electron chi connectivity index (χ0n) is 15.7. The molecule has 0 bridgehead atoms. The van der Waals surface area contributed by atoms with Crippen molar-refractivity contribution >= 4 is 24.7 Å². The summed E-state index contributed by atoms with van der Waals surface area (Å²) < 4.78 is 6.03. The van der Waals surface area contributed by atoms with Crippen molar-refractivity contribution in [1.82, 2.24) is 0 Å². The molecule has 24 heavy (non-hydrogen) atoms. The lowest BCUT2D eigenvalue weighted by Crippen LogP contribution is -2.26. The Bertz CT molecular complexity index is 665. The monoisotopic (exact) mass is 342 g/mol. The van der Waals surface area contributed by atoms with Gasteiger partial charge in [0.2, 0.25) is 0 Å². The third-order valence-electron chi connectivity index (χ3n) is 3.67. The van der Waals surface area contributed by atoms with E-state index in [1.807, 2.05) is 20.8 Å². The summed E-state index contributed by atoms with van der Waals surface area (Å²) in [6.45, 7) is 14.0. The topological polar surface area (TPSA) is 26.3 Å². The Morgan fingerprint density at radius 1 is 0.750 bits per heavy atom. The fraction of sp³-hybridized carbons (Fsp3) is 0.381. The van der Waals surface area contributed by atoms with Crippen LogP contribution in [0.2, 0.25) is 0 Å². The Balaban J connectivity index is 2.54. The van der Waals surface area contributed by atoms with E-state index in [4.69, 9.17) is 4.52 Å². The van der Waals surface area contributed by atoms with E-state index >= 15 is 0 Å².